The van der Waals surface area contributed by atoms with E-state index in [1.165, 1.54) is 12.8 Å². The molecule has 0 aromatic heterocycles. The molecule has 0 saturated heterocycles. The first-order chi connectivity index (χ1) is 9.10. The summed E-state index contributed by atoms with van der Waals surface area (Å²) < 4.78 is 0. The maximum Gasteiger partial charge on any atom is 0.173 e. The largest absolute Gasteiger partial charge is 0.409 e. The van der Waals surface area contributed by atoms with Crippen LogP contribution in [0.1, 0.15) is 25.3 Å². The summed E-state index contributed by atoms with van der Waals surface area (Å²) >= 11 is 1.61. The molecule has 1 aromatic rings. The zero-order valence-corrected chi connectivity index (χ0v) is 12.4. The standard InChI is InChI=1S/C14H21N3OS/c1-9(10-7-8-10)17(2)11-5-4-6-12(19-3)13(11)14(15)16-18/h4-6,9-10,18H,7-8H2,1-3H3,(H2,15,16). The number of oxime groups is 1. The Bertz CT molecular complexity index is 486. The lowest BCUT2D eigenvalue weighted by Crippen LogP contribution is -2.32. The molecule has 0 amide bonds. The van der Waals surface area contributed by atoms with Gasteiger partial charge in [0.05, 0.1) is 5.56 Å². The number of nitrogens with zero attached hydrogens (tertiary/aromatic N) is 2. The van der Waals surface area contributed by atoms with E-state index in [-0.39, 0.29) is 5.84 Å². The number of thioether (sulfide) groups is 1. The zero-order chi connectivity index (χ0) is 14.0. The maximum absolute atomic E-state index is 9.01. The third-order valence-electron chi connectivity index (χ3n) is 3.88. The Hall–Kier alpha value is -1.36. The minimum atomic E-state index is 0.176. The van der Waals surface area contributed by atoms with Gasteiger partial charge in [0, 0.05) is 23.7 Å². The van der Waals surface area contributed by atoms with Crippen molar-refractivity contribution < 1.29 is 5.21 Å². The van der Waals surface area contributed by atoms with Gasteiger partial charge >= 0.3 is 0 Å². The van der Waals surface area contributed by atoms with Crippen LogP contribution in [0.15, 0.2) is 28.3 Å². The molecule has 5 heteroatoms. The molecule has 1 aliphatic carbocycles. The fourth-order valence-electron chi connectivity index (χ4n) is 2.41. The average Bonchev–Trinajstić information content (AvgIpc) is 3.28. The lowest BCUT2D eigenvalue weighted by atomic mass is 10.1. The van der Waals surface area contributed by atoms with Crippen molar-refractivity contribution in [3.8, 4) is 0 Å². The minimum Gasteiger partial charge on any atom is -0.409 e. The van der Waals surface area contributed by atoms with Gasteiger partial charge in [-0.05, 0) is 44.1 Å². The monoisotopic (exact) mass is 279 g/mol. The number of rotatable bonds is 5. The Morgan fingerprint density at radius 2 is 2.21 bits per heavy atom. The highest BCUT2D eigenvalue weighted by Gasteiger charge is 2.31. The van der Waals surface area contributed by atoms with E-state index in [1.54, 1.807) is 11.8 Å². The molecular weight excluding hydrogens is 258 g/mol. The van der Waals surface area contributed by atoms with Crippen molar-refractivity contribution in [3.63, 3.8) is 0 Å². The normalized spacial score (nSPS) is 17.3. The van der Waals surface area contributed by atoms with Crippen LogP contribution in [0.2, 0.25) is 0 Å². The van der Waals surface area contributed by atoms with Crippen LogP contribution in [0.3, 0.4) is 0 Å². The molecule has 0 spiro atoms. The van der Waals surface area contributed by atoms with Gasteiger partial charge in [-0.3, -0.25) is 0 Å². The number of nitrogens with two attached hydrogens (primary N) is 1. The summed E-state index contributed by atoms with van der Waals surface area (Å²) in [6, 6.07) is 6.52. The maximum atomic E-state index is 9.01. The molecule has 2 rings (SSSR count). The molecule has 0 bridgehead atoms. The highest BCUT2D eigenvalue weighted by atomic mass is 32.2. The van der Waals surface area contributed by atoms with E-state index in [4.69, 9.17) is 10.9 Å². The highest BCUT2D eigenvalue weighted by molar-refractivity contribution is 7.98. The lowest BCUT2D eigenvalue weighted by Gasteiger charge is -2.29. The molecule has 1 aliphatic rings. The number of hydrogen-bond acceptors (Lipinski definition) is 4. The Labute approximate surface area is 118 Å². The third-order valence-corrected chi connectivity index (χ3v) is 4.66. The van der Waals surface area contributed by atoms with Gasteiger partial charge in [-0.15, -0.1) is 11.8 Å². The molecule has 1 saturated carbocycles. The van der Waals surface area contributed by atoms with E-state index >= 15 is 0 Å². The Morgan fingerprint density at radius 3 is 2.74 bits per heavy atom. The van der Waals surface area contributed by atoms with Gasteiger partial charge in [-0.2, -0.15) is 0 Å². The van der Waals surface area contributed by atoms with Gasteiger partial charge in [0.1, 0.15) is 0 Å². The summed E-state index contributed by atoms with van der Waals surface area (Å²) in [4.78, 5) is 3.27. The molecule has 19 heavy (non-hydrogen) atoms. The van der Waals surface area contributed by atoms with E-state index in [0.29, 0.717) is 6.04 Å². The van der Waals surface area contributed by atoms with Crippen LogP contribution in [0.25, 0.3) is 0 Å². The molecule has 3 N–H and O–H groups in total. The van der Waals surface area contributed by atoms with Crippen molar-refractivity contribution in [2.45, 2.75) is 30.7 Å². The number of anilines is 1. The third kappa shape index (κ3) is 2.81. The van der Waals surface area contributed by atoms with Crippen molar-refractivity contribution in [3.05, 3.63) is 23.8 Å². The highest BCUT2D eigenvalue weighted by Crippen LogP contribution is 2.38. The molecule has 1 unspecified atom stereocenters. The molecule has 0 heterocycles. The van der Waals surface area contributed by atoms with Gasteiger partial charge in [0.15, 0.2) is 5.84 Å². The molecule has 0 radical (unpaired) electrons. The molecule has 4 nitrogen and oxygen atoms in total. The van der Waals surface area contributed by atoms with E-state index < -0.39 is 0 Å². The van der Waals surface area contributed by atoms with Crippen molar-refractivity contribution in [1.29, 1.82) is 0 Å². The number of hydrogen-bond donors (Lipinski definition) is 2. The lowest BCUT2D eigenvalue weighted by molar-refractivity contribution is 0.318. The van der Waals surface area contributed by atoms with Crippen LogP contribution in [-0.4, -0.2) is 30.4 Å². The Morgan fingerprint density at radius 1 is 1.53 bits per heavy atom. The molecule has 0 aliphatic heterocycles. The predicted molar refractivity (Wildman–Crippen MR) is 81.3 cm³/mol. The SMILES string of the molecule is CSc1cccc(N(C)C(C)C2CC2)c1/C(N)=N/O. The van der Waals surface area contributed by atoms with Crippen LogP contribution in [0.4, 0.5) is 5.69 Å². The Balaban J connectivity index is 2.43. The molecule has 1 fully saturated rings. The second kappa shape index (κ2) is 5.74. The smallest absolute Gasteiger partial charge is 0.173 e. The molecule has 1 atom stereocenters. The van der Waals surface area contributed by atoms with Crippen LogP contribution in [-0.2, 0) is 0 Å². The van der Waals surface area contributed by atoms with Gasteiger partial charge in [-0.1, -0.05) is 11.2 Å². The van der Waals surface area contributed by atoms with Crippen LogP contribution in [0.5, 0.6) is 0 Å². The van der Waals surface area contributed by atoms with Gasteiger partial charge in [0.25, 0.3) is 0 Å². The second-order valence-electron chi connectivity index (χ2n) is 5.03. The van der Waals surface area contributed by atoms with Crippen LogP contribution in [0, 0.1) is 5.92 Å². The second-order valence-corrected chi connectivity index (χ2v) is 5.88. The zero-order valence-electron chi connectivity index (χ0n) is 11.6. The first-order valence-corrected chi connectivity index (χ1v) is 7.70. The van der Waals surface area contributed by atoms with E-state index in [2.05, 4.69) is 24.0 Å². The molecule has 1 aromatic carbocycles. The topological polar surface area (TPSA) is 61.8 Å². The number of amidine groups is 1. The summed E-state index contributed by atoms with van der Waals surface area (Å²) in [7, 11) is 2.08. The number of benzene rings is 1. The summed E-state index contributed by atoms with van der Waals surface area (Å²) in [5, 5.41) is 12.2. The van der Waals surface area contributed by atoms with E-state index in [1.807, 2.05) is 24.5 Å². The summed E-state index contributed by atoms with van der Waals surface area (Å²) in [6.45, 7) is 2.24. The average molecular weight is 279 g/mol. The van der Waals surface area contributed by atoms with Gasteiger partial charge in [-0.25, -0.2) is 0 Å². The fourth-order valence-corrected chi connectivity index (χ4v) is 3.03. The van der Waals surface area contributed by atoms with E-state index in [0.717, 1.165) is 22.1 Å². The van der Waals surface area contributed by atoms with Crippen LogP contribution >= 0.6 is 11.8 Å². The van der Waals surface area contributed by atoms with Gasteiger partial charge < -0.3 is 15.8 Å². The van der Waals surface area contributed by atoms with Crippen molar-refractivity contribution in [2.24, 2.45) is 16.8 Å². The van der Waals surface area contributed by atoms with Crippen molar-refractivity contribution in [2.75, 3.05) is 18.2 Å². The molecule has 104 valence electrons. The van der Waals surface area contributed by atoms with Gasteiger partial charge in [0.2, 0.25) is 0 Å². The summed E-state index contributed by atoms with van der Waals surface area (Å²) in [5.74, 6) is 0.942. The predicted octanol–water partition coefficient (Wildman–Crippen LogP) is 2.74. The summed E-state index contributed by atoms with van der Waals surface area (Å²) in [5.41, 5.74) is 7.72. The quantitative estimate of drug-likeness (QED) is 0.286. The van der Waals surface area contributed by atoms with Crippen molar-refractivity contribution >= 4 is 23.3 Å². The summed E-state index contributed by atoms with van der Waals surface area (Å²) in [6.07, 6.45) is 4.59. The fraction of sp³-hybridized carbons (Fsp3) is 0.500. The first kappa shape index (κ1) is 14.1. The Kier molecular flexibility index (Phi) is 4.24. The first-order valence-electron chi connectivity index (χ1n) is 6.47. The van der Waals surface area contributed by atoms with Crippen LogP contribution < -0.4 is 10.6 Å². The van der Waals surface area contributed by atoms with Crippen molar-refractivity contribution in [1.82, 2.24) is 0 Å². The van der Waals surface area contributed by atoms with E-state index in [9.17, 15) is 0 Å². The molecular formula is C14H21N3OS. The minimum absolute atomic E-state index is 0.176.